The van der Waals surface area contributed by atoms with E-state index in [0.717, 1.165) is 35.4 Å². The molecule has 1 aromatic carbocycles. The first-order valence-electron chi connectivity index (χ1n) is 9.70. The van der Waals surface area contributed by atoms with Crippen molar-refractivity contribution in [3.63, 3.8) is 0 Å². The van der Waals surface area contributed by atoms with E-state index in [9.17, 15) is 4.79 Å². The van der Waals surface area contributed by atoms with Crippen molar-refractivity contribution in [1.29, 1.82) is 0 Å². The molecule has 130 valence electrons. The molecule has 1 aromatic rings. The quantitative estimate of drug-likeness (QED) is 0.857. The lowest BCUT2D eigenvalue weighted by atomic mass is 9.53. The topological polar surface area (TPSA) is 41.1 Å². The Balaban J connectivity index is 1.39. The zero-order valence-electron chi connectivity index (χ0n) is 15.0. The largest absolute Gasteiger partial charge is 0.324 e. The van der Waals surface area contributed by atoms with E-state index in [1.807, 2.05) is 0 Å². The molecule has 0 aliphatic heterocycles. The van der Waals surface area contributed by atoms with Crippen LogP contribution in [0.15, 0.2) is 18.2 Å². The van der Waals surface area contributed by atoms with Crippen molar-refractivity contribution < 1.29 is 4.79 Å². The Morgan fingerprint density at radius 3 is 2.33 bits per heavy atom. The van der Waals surface area contributed by atoms with E-state index in [4.69, 9.17) is 0 Å². The lowest BCUT2D eigenvalue weighted by Gasteiger charge is -2.57. The van der Waals surface area contributed by atoms with Gasteiger partial charge in [-0.1, -0.05) is 25.1 Å². The van der Waals surface area contributed by atoms with Gasteiger partial charge in [0.2, 0.25) is 5.91 Å². The van der Waals surface area contributed by atoms with E-state index < -0.39 is 0 Å². The molecule has 0 spiro atoms. The number of hydrogen-bond acceptors (Lipinski definition) is 2. The van der Waals surface area contributed by atoms with Gasteiger partial charge < -0.3 is 10.6 Å². The Bertz CT molecular complexity index is 601. The molecule has 4 saturated carbocycles. The van der Waals surface area contributed by atoms with Crippen molar-refractivity contribution >= 4 is 11.6 Å². The third-order valence-electron chi connectivity index (χ3n) is 6.67. The van der Waals surface area contributed by atoms with Gasteiger partial charge in [-0.15, -0.1) is 0 Å². The summed E-state index contributed by atoms with van der Waals surface area (Å²) in [5, 5.41) is 6.85. The summed E-state index contributed by atoms with van der Waals surface area (Å²) >= 11 is 0. The van der Waals surface area contributed by atoms with E-state index in [1.165, 1.54) is 44.1 Å². The molecular formula is C21H30N2O. The van der Waals surface area contributed by atoms with E-state index in [-0.39, 0.29) is 11.4 Å². The summed E-state index contributed by atoms with van der Waals surface area (Å²) in [5.41, 5.74) is 3.64. The Hall–Kier alpha value is -1.35. The minimum atomic E-state index is 0.106. The van der Waals surface area contributed by atoms with Crippen LogP contribution in [-0.4, -0.2) is 18.0 Å². The summed E-state index contributed by atoms with van der Waals surface area (Å²) in [6.45, 7) is 4.66. The smallest absolute Gasteiger partial charge is 0.238 e. The van der Waals surface area contributed by atoms with Gasteiger partial charge in [0.25, 0.3) is 0 Å². The highest BCUT2D eigenvalue weighted by Gasteiger charge is 2.50. The number of hydrogen-bond donors (Lipinski definition) is 2. The summed E-state index contributed by atoms with van der Waals surface area (Å²) in [7, 11) is 0. The fourth-order valence-electron chi connectivity index (χ4n) is 5.98. The highest BCUT2D eigenvalue weighted by atomic mass is 16.1. The van der Waals surface area contributed by atoms with Crippen LogP contribution in [0.1, 0.15) is 56.6 Å². The third kappa shape index (κ3) is 2.99. The molecule has 0 atom stereocenters. The lowest BCUT2D eigenvalue weighted by Crippen LogP contribution is -2.59. The first-order chi connectivity index (χ1) is 11.6. The molecule has 0 heterocycles. The van der Waals surface area contributed by atoms with Crippen molar-refractivity contribution in [3.8, 4) is 0 Å². The van der Waals surface area contributed by atoms with Gasteiger partial charge in [-0.2, -0.15) is 0 Å². The Morgan fingerprint density at radius 2 is 1.75 bits per heavy atom. The normalized spacial score (nSPS) is 33.7. The molecule has 3 nitrogen and oxygen atoms in total. The van der Waals surface area contributed by atoms with Gasteiger partial charge in [-0.3, -0.25) is 4.79 Å². The van der Waals surface area contributed by atoms with Crippen LogP contribution in [0.2, 0.25) is 0 Å². The average molecular weight is 326 g/mol. The maximum Gasteiger partial charge on any atom is 0.238 e. The first-order valence-corrected chi connectivity index (χ1v) is 9.70. The van der Waals surface area contributed by atoms with Crippen LogP contribution in [0, 0.1) is 24.7 Å². The van der Waals surface area contributed by atoms with Crippen molar-refractivity contribution in [2.24, 2.45) is 17.8 Å². The minimum Gasteiger partial charge on any atom is -0.324 e. The maximum atomic E-state index is 12.6. The highest BCUT2D eigenvalue weighted by molar-refractivity contribution is 5.93. The summed E-state index contributed by atoms with van der Waals surface area (Å²) in [5.74, 6) is 2.84. The van der Waals surface area contributed by atoms with Gasteiger partial charge in [-0.05, 0) is 80.8 Å². The zero-order valence-corrected chi connectivity index (χ0v) is 15.0. The number of para-hydroxylation sites is 1. The van der Waals surface area contributed by atoms with Gasteiger partial charge >= 0.3 is 0 Å². The molecule has 4 aliphatic carbocycles. The second-order valence-corrected chi connectivity index (χ2v) is 8.56. The van der Waals surface area contributed by atoms with Gasteiger partial charge in [0.15, 0.2) is 0 Å². The average Bonchev–Trinajstić information content (AvgIpc) is 2.54. The lowest BCUT2D eigenvalue weighted by molar-refractivity contribution is -0.116. The molecule has 5 rings (SSSR count). The summed E-state index contributed by atoms with van der Waals surface area (Å²) in [6.07, 6.45) is 9.13. The van der Waals surface area contributed by atoms with Gasteiger partial charge in [0.05, 0.1) is 6.54 Å². The second kappa shape index (κ2) is 6.18. The van der Waals surface area contributed by atoms with Crippen molar-refractivity contribution in [1.82, 2.24) is 5.32 Å². The number of carbonyl (C=O) groups excluding carboxylic acids is 1. The molecule has 2 N–H and O–H groups in total. The predicted molar refractivity (Wildman–Crippen MR) is 98.1 cm³/mol. The first kappa shape index (κ1) is 16.1. The van der Waals surface area contributed by atoms with E-state index in [1.54, 1.807) is 0 Å². The maximum absolute atomic E-state index is 12.6. The molecule has 3 heteroatoms. The molecular weight excluding hydrogens is 296 g/mol. The summed E-state index contributed by atoms with van der Waals surface area (Å²) in [4.78, 5) is 12.6. The predicted octanol–water partition coefficient (Wildman–Crippen LogP) is 4.05. The number of carbonyl (C=O) groups is 1. The van der Waals surface area contributed by atoms with Gasteiger partial charge in [0.1, 0.15) is 0 Å². The van der Waals surface area contributed by atoms with E-state index in [0.29, 0.717) is 6.54 Å². The summed E-state index contributed by atoms with van der Waals surface area (Å²) in [6, 6.07) is 6.24. The van der Waals surface area contributed by atoms with Gasteiger partial charge in [-0.25, -0.2) is 0 Å². The Morgan fingerprint density at radius 1 is 1.12 bits per heavy atom. The highest BCUT2D eigenvalue weighted by Crippen LogP contribution is 2.55. The number of amides is 1. The van der Waals surface area contributed by atoms with E-state index in [2.05, 4.69) is 42.7 Å². The SMILES string of the molecule is CCc1cccc(C)c1NC(=O)CNC12CC3CC(CC(C3)C1)C2. The van der Waals surface area contributed by atoms with Gasteiger partial charge in [0, 0.05) is 11.2 Å². The monoisotopic (exact) mass is 326 g/mol. The van der Waals surface area contributed by atoms with Crippen LogP contribution >= 0.6 is 0 Å². The standard InChI is InChI=1S/C21H30N2O/c1-3-18-6-4-5-14(2)20(18)23-19(24)13-22-21-10-15-7-16(11-21)9-17(8-15)12-21/h4-6,15-17,22H,3,7-13H2,1-2H3,(H,23,24). The Labute approximate surface area is 145 Å². The van der Waals surface area contributed by atoms with Crippen LogP contribution < -0.4 is 10.6 Å². The third-order valence-corrected chi connectivity index (χ3v) is 6.67. The van der Waals surface area contributed by atoms with Crippen LogP contribution in [0.5, 0.6) is 0 Å². The fraction of sp³-hybridized carbons (Fsp3) is 0.667. The zero-order chi connectivity index (χ0) is 16.7. The molecule has 4 aliphatic rings. The summed E-state index contributed by atoms with van der Waals surface area (Å²) < 4.78 is 0. The molecule has 4 bridgehead atoms. The Kier molecular flexibility index (Phi) is 4.16. The van der Waals surface area contributed by atoms with Crippen LogP contribution in [0.3, 0.4) is 0 Å². The van der Waals surface area contributed by atoms with Crippen molar-refractivity contribution in [2.75, 3.05) is 11.9 Å². The number of aryl methyl sites for hydroxylation is 2. The fourth-order valence-corrected chi connectivity index (χ4v) is 5.98. The minimum absolute atomic E-state index is 0.106. The number of benzene rings is 1. The molecule has 0 aromatic heterocycles. The molecule has 1 amide bonds. The van der Waals surface area contributed by atoms with Crippen LogP contribution in [0.25, 0.3) is 0 Å². The second-order valence-electron chi connectivity index (χ2n) is 8.56. The molecule has 24 heavy (non-hydrogen) atoms. The molecule has 0 unspecified atom stereocenters. The molecule has 4 fully saturated rings. The molecule has 0 saturated heterocycles. The number of nitrogens with one attached hydrogen (secondary N) is 2. The molecule has 0 radical (unpaired) electrons. The van der Waals surface area contributed by atoms with E-state index >= 15 is 0 Å². The van der Waals surface area contributed by atoms with Crippen LogP contribution in [-0.2, 0) is 11.2 Å². The van der Waals surface area contributed by atoms with Crippen molar-refractivity contribution in [2.45, 2.75) is 64.3 Å². The van der Waals surface area contributed by atoms with Crippen molar-refractivity contribution in [3.05, 3.63) is 29.3 Å². The number of anilines is 1. The number of rotatable bonds is 5. The van der Waals surface area contributed by atoms with Crippen LogP contribution in [0.4, 0.5) is 5.69 Å².